The summed E-state index contributed by atoms with van der Waals surface area (Å²) in [5, 5.41) is 4.14. The Labute approximate surface area is 114 Å². The number of methoxy groups -OCH3 is 1. The first-order chi connectivity index (χ1) is 9.22. The second kappa shape index (κ2) is 6.48. The van der Waals surface area contributed by atoms with Crippen LogP contribution in [0.1, 0.15) is 76.0 Å². The number of aromatic nitrogens is 2. The van der Waals surface area contributed by atoms with Crippen LogP contribution in [0.25, 0.3) is 0 Å². The Kier molecular flexibility index (Phi) is 4.93. The number of nitrogens with zero attached hydrogens (tertiary/aromatic N) is 2. The molecule has 1 aromatic rings. The van der Waals surface area contributed by atoms with Gasteiger partial charge in [-0.15, -0.1) is 0 Å². The van der Waals surface area contributed by atoms with Crippen molar-refractivity contribution in [3.05, 3.63) is 11.7 Å². The lowest BCUT2D eigenvalue weighted by atomic mass is 9.93. The second-order valence-electron chi connectivity index (χ2n) is 5.46. The SMILES string of the molecule is CCC[C@H](N)c1nc(C2(OC)CCCCCC2)no1. The topological polar surface area (TPSA) is 74.2 Å². The summed E-state index contributed by atoms with van der Waals surface area (Å²) in [5.41, 5.74) is 5.66. The molecule has 1 heterocycles. The highest BCUT2D eigenvalue weighted by Gasteiger charge is 2.37. The lowest BCUT2D eigenvalue weighted by Crippen LogP contribution is -2.29. The largest absolute Gasteiger partial charge is 0.370 e. The van der Waals surface area contributed by atoms with E-state index in [0.29, 0.717) is 11.7 Å². The lowest BCUT2D eigenvalue weighted by molar-refractivity contribution is -0.0365. The molecule has 0 spiro atoms. The third-order valence-electron chi connectivity index (χ3n) is 4.07. The Morgan fingerprint density at radius 3 is 2.58 bits per heavy atom. The van der Waals surface area contributed by atoms with Gasteiger partial charge in [0.1, 0.15) is 5.60 Å². The van der Waals surface area contributed by atoms with Gasteiger partial charge in [-0.3, -0.25) is 0 Å². The van der Waals surface area contributed by atoms with Crippen LogP contribution in [-0.2, 0) is 10.3 Å². The molecule has 0 aromatic carbocycles. The summed E-state index contributed by atoms with van der Waals surface area (Å²) in [6.45, 7) is 2.10. The van der Waals surface area contributed by atoms with Crippen molar-refractivity contribution >= 4 is 0 Å². The zero-order chi connectivity index (χ0) is 13.7. The first kappa shape index (κ1) is 14.5. The van der Waals surface area contributed by atoms with E-state index in [1.54, 1.807) is 7.11 Å². The maximum atomic E-state index is 6.03. The van der Waals surface area contributed by atoms with Gasteiger partial charge in [0.15, 0.2) is 0 Å². The summed E-state index contributed by atoms with van der Waals surface area (Å²) in [6, 6.07) is -0.161. The van der Waals surface area contributed by atoms with E-state index in [-0.39, 0.29) is 11.6 Å². The van der Waals surface area contributed by atoms with Crippen LogP contribution in [0, 0.1) is 0 Å². The average molecular weight is 267 g/mol. The lowest BCUT2D eigenvalue weighted by Gasteiger charge is -2.27. The molecule has 0 bridgehead atoms. The molecule has 1 atom stereocenters. The molecule has 1 aliphatic rings. The van der Waals surface area contributed by atoms with E-state index in [0.717, 1.165) is 38.5 Å². The fraction of sp³-hybridized carbons (Fsp3) is 0.857. The third kappa shape index (κ3) is 3.15. The zero-order valence-electron chi connectivity index (χ0n) is 12.0. The van der Waals surface area contributed by atoms with Crippen molar-refractivity contribution < 1.29 is 9.26 Å². The molecule has 19 heavy (non-hydrogen) atoms. The van der Waals surface area contributed by atoms with Gasteiger partial charge in [0.25, 0.3) is 0 Å². The standard InChI is InChI=1S/C14H25N3O2/c1-3-8-11(15)12-16-13(17-19-12)14(18-2)9-6-4-5-7-10-14/h11H,3-10,15H2,1-2H3/t11-/m0/s1. The molecular formula is C14H25N3O2. The van der Waals surface area contributed by atoms with Crippen LogP contribution < -0.4 is 5.73 Å². The Hall–Kier alpha value is -0.940. The smallest absolute Gasteiger partial charge is 0.243 e. The van der Waals surface area contributed by atoms with Crippen LogP contribution in [0.15, 0.2) is 4.52 Å². The fourth-order valence-corrected chi connectivity index (χ4v) is 2.82. The van der Waals surface area contributed by atoms with Gasteiger partial charge in [0.2, 0.25) is 11.7 Å². The molecule has 2 N–H and O–H groups in total. The van der Waals surface area contributed by atoms with Crippen LogP contribution in [0.2, 0.25) is 0 Å². The molecule has 1 saturated carbocycles. The molecule has 5 heteroatoms. The van der Waals surface area contributed by atoms with Crippen molar-refractivity contribution in [2.45, 2.75) is 69.9 Å². The van der Waals surface area contributed by atoms with Gasteiger partial charge in [-0.2, -0.15) is 4.98 Å². The predicted octanol–water partition coefficient (Wildman–Crippen LogP) is 3.07. The maximum Gasteiger partial charge on any atom is 0.243 e. The van der Waals surface area contributed by atoms with E-state index in [4.69, 9.17) is 15.0 Å². The summed E-state index contributed by atoms with van der Waals surface area (Å²) in [5.74, 6) is 1.22. The summed E-state index contributed by atoms with van der Waals surface area (Å²) < 4.78 is 11.1. The molecule has 0 unspecified atom stereocenters. The van der Waals surface area contributed by atoms with Crippen LogP contribution in [0.3, 0.4) is 0 Å². The molecule has 108 valence electrons. The number of hydrogen-bond donors (Lipinski definition) is 1. The van der Waals surface area contributed by atoms with Crippen LogP contribution >= 0.6 is 0 Å². The van der Waals surface area contributed by atoms with E-state index in [9.17, 15) is 0 Å². The summed E-state index contributed by atoms with van der Waals surface area (Å²) in [6.07, 6.45) is 8.61. The second-order valence-corrected chi connectivity index (χ2v) is 5.46. The summed E-state index contributed by atoms with van der Waals surface area (Å²) >= 11 is 0. The van der Waals surface area contributed by atoms with Crippen LogP contribution in [0.5, 0.6) is 0 Å². The molecule has 1 aromatic heterocycles. The molecule has 0 aliphatic heterocycles. The number of hydrogen-bond acceptors (Lipinski definition) is 5. The Morgan fingerprint density at radius 2 is 2.00 bits per heavy atom. The maximum absolute atomic E-state index is 6.03. The van der Waals surface area contributed by atoms with Gasteiger partial charge in [-0.25, -0.2) is 0 Å². The Balaban J connectivity index is 2.18. The molecular weight excluding hydrogens is 242 g/mol. The first-order valence-corrected chi connectivity index (χ1v) is 7.36. The number of nitrogens with two attached hydrogens (primary N) is 1. The molecule has 1 fully saturated rings. The van der Waals surface area contributed by atoms with Gasteiger partial charge in [-0.1, -0.05) is 44.2 Å². The zero-order valence-corrected chi connectivity index (χ0v) is 12.0. The van der Waals surface area contributed by atoms with Crippen molar-refractivity contribution in [2.75, 3.05) is 7.11 Å². The highest BCUT2D eigenvalue weighted by Crippen LogP contribution is 2.37. The van der Waals surface area contributed by atoms with E-state index in [1.807, 2.05) is 0 Å². The quantitative estimate of drug-likeness (QED) is 0.830. The monoisotopic (exact) mass is 267 g/mol. The highest BCUT2D eigenvalue weighted by atomic mass is 16.5. The predicted molar refractivity (Wildman–Crippen MR) is 72.5 cm³/mol. The molecule has 1 aliphatic carbocycles. The molecule has 0 saturated heterocycles. The molecule has 0 amide bonds. The van der Waals surface area contributed by atoms with E-state index >= 15 is 0 Å². The van der Waals surface area contributed by atoms with Crippen molar-refractivity contribution in [1.82, 2.24) is 10.1 Å². The Morgan fingerprint density at radius 1 is 1.32 bits per heavy atom. The summed E-state index contributed by atoms with van der Waals surface area (Å²) in [7, 11) is 1.74. The normalized spacial score (nSPS) is 21.0. The van der Waals surface area contributed by atoms with Crippen molar-refractivity contribution in [1.29, 1.82) is 0 Å². The number of rotatable bonds is 5. The van der Waals surface area contributed by atoms with Crippen molar-refractivity contribution in [3.8, 4) is 0 Å². The molecule has 2 rings (SSSR count). The van der Waals surface area contributed by atoms with Crippen molar-refractivity contribution in [3.63, 3.8) is 0 Å². The van der Waals surface area contributed by atoms with E-state index in [1.165, 1.54) is 12.8 Å². The number of ether oxygens (including phenoxy) is 1. The molecule has 5 nitrogen and oxygen atoms in total. The van der Waals surface area contributed by atoms with Gasteiger partial charge < -0.3 is 15.0 Å². The molecule has 0 radical (unpaired) electrons. The van der Waals surface area contributed by atoms with Crippen molar-refractivity contribution in [2.24, 2.45) is 5.73 Å². The van der Waals surface area contributed by atoms with Crippen LogP contribution in [0.4, 0.5) is 0 Å². The van der Waals surface area contributed by atoms with E-state index in [2.05, 4.69) is 17.1 Å². The average Bonchev–Trinajstić information content (AvgIpc) is 2.79. The van der Waals surface area contributed by atoms with Gasteiger partial charge >= 0.3 is 0 Å². The van der Waals surface area contributed by atoms with Gasteiger partial charge in [0, 0.05) is 7.11 Å². The minimum Gasteiger partial charge on any atom is -0.370 e. The third-order valence-corrected chi connectivity index (χ3v) is 4.07. The van der Waals surface area contributed by atoms with Gasteiger partial charge in [0.05, 0.1) is 6.04 Å². The fourth-order valence-electron chi connectivity index (χ4n) is 2.82. The first-order valence-electron chi connectivity index (χ1n) is 7.36. The van der Waals surface area contributed by atoms with E-state index < -0.39 is 0 Å². The van der Waals surface area contributed by atoms with Crippen LogP contribution in [-0.4, -0.2) is 17.3 Å². The minimum absolute atomic E-state index is 0.161. The minimum atomic E-state index is -0.371. The highest BCUT2D eigenvalue weighted by molar-refractivity contribution is 5.04. The summed E-state index contributed by atoms with van der Waals surface area (Å²) in [4.78, 5) is 4.51. The Bertz CT molecular complexity index is 384. The van der Waals surface area contributed by atoms with Gasteiger partial charge in [-0.05, 0) is 19.3 Å².